The third-order valence-electron chi connectivity index (χ3n) is 2.13. The maximum absolute atomic E-state index is 5.51. The molecule has 1 fully saturated rings. The van der Waals surface area contributed by atoms with E-state index in [0.29, 0.717) is 17.2 Å². The molecule has 1 aliphatic rings. The molecule has 0 atom stereocenters. The summed E-state index contributed by atoms with van der Waals surface area (Å²) in [5.74, 6) is 0.655. The van der Waals surface area contributed by atoms with Crippen molar-refractivity contribution in [1.29, 1.82) is 0 Å². The molecule has 5 heteroatoms. The lowest BCUT2D eigenvalue weighted by Gasteiger charge is -2.33. The van der Waals surface area contributed by atoms with E-state index in [1.807, 2.05) is 0 Å². The minimum absolute atomic E-state index is 0.325. The molecule has 12 heavy (non-hydrogen) atoms. The number of ether oxygens (including phenoxy) is 1. The van der Waals surface area contributed by atoms with Crippen molar-refractivity contribution in [3.63, 3.8) is 0 Å². The Morgan fingerprint density at radius 1 is 1.67 bits per heavy atom. The van der Waals surface area contributed by atoms with E-state index in [2.05, 4.69) is 10.2 Å². The number of aromatic nitrogens is 2. The highest BCUT2D eigenvalue weighted by Gasteiger charge is 2.30. The van der Waals surface area contributed by atoms with Crippen LogP contribution in [0.2, 0.25) is 0 Å². The van der Waals surface area contributed by atoms with Crippen LogP contribution in [0.15, 0.2) is 5.51 Å². The molecule has 0 unspecified atom stereocenters. The van der Waals surface area contributed by atoms with Crippen LogP contribution >= 0.6 is 11.3 Å². The molecule has 1 aromatic heterocycles. The second-order valence-corrected chi connectivity index (χ2v) is 3.81. The van der Waals surface area contributed by atoms with Crippen molar-refractivity contribution >= 4 is 11.3 Å². The van der Waals surface area contributed by atoms with E-state index in [-0.39, 0.29) is 0 Å². The third-order valence-corrected chi connectivity index (χ3v) is 2.71. The zero-order valence-corrected chi connectivity index (χ0v) is 7.46. The molecule has 0 radical (unpaired) electrons. The zero-order chi connectivity index (χ0) is 8.39. The molecule has 0 bridgehead atoms. The van der Waals surface area contributed by atoms with Crippen molar-refractivity contribution in [3.05, 3.63) is 5.51 Å². The molecule has 0 aromatic carbocycles. The highest BCUT2D eigenvalue weighted by atomic mass is 32.1. The first kappa shape index (κ1) is 7.94. The van der Waals surface area contributed by atoms with Crippen LogP contribution in [0.25, 0.3) is 0 Å². The van der Waals surface area contributed by atoms with E-state index in [9.17, 15) is 0 Å². The first-order chi connectivity index (χ1) is 5.88. The quantitative estimate of drug-likeness (QED) is 0.751. The van der Waals surface area contributed by atoms with Crippen LogP contribution < -0.4 is 10.5 Å². The minimum atomic E-state index is 0.325. The summed E-state index contributed by atoms with van der Waals surface area (Å²) >= 11 is 1.43. The van der Waals surface area contributed by atoms with Crippen molar-refractivity contribution in [2.75, 3.05) is 6.54 Å². The van der Waals surface area contributed by atoms with Crippen molar-refractivity contribution in [2.24, 2.45) is 11.7 Å². The van der Waals surface area contributed by atoms with Gasteiger partial charge >= 0.3 is 0 Å². The van der Waals surface area contributed by atoms with Gasteiger partial charge in [0.2, 0.25) is 0 Å². The van der Waals surface area contributed by atoms with Gasteiger partial charge in [-0.05, 0) is 25.3 Å². The van der Waals surface area contributed by atoms with Gasteiger partial charge in [0.1, 0.15) is 11.6 Å². The maximum atomic E-state index is 5.51. The van der Waals surface area contributed by atoms with E-state index in [1.165, 1.54) is 11.3 Å². The average molecular weight is 185 g/mol. The number of nitrogens with two attached hydrogens (primary N) is 1. The van der Waals surface area contributed by atoms with Crippen molar-refractivity contribution < 1.29 is 4.74 Å². The Bertz CT molecular complexity index is 233. The van der Waals surface area contributed by atoms with Gasteiger partial charge < -0.3 is 10.5 Å². The second kappa shape index (κ2) is 3.37. The summed E-state index contributed by atoms with van der Waals surface area (Å²) in [7, 11) is 0. The van der Waals surface area contributed by atoms with Gasteiger partial charge in [-0.3, -0.25) is 0 Å². The number of rotatable bonds is 3. The molecule has 4 nitrogen and oxygen atoms in total. The van der Waals surface area contributed by atoms with Crippen LogP contribution in [0.1, 0.15) is 12.8 Å². The van der Waals surface area contributed by atoms with Gasteiger partial charge in [-0.25, -0.2) is 0 Å². The van der Waals surface area contributed by atoms with Gasteiger partial charge in [0.05, 0.1) is 0 Å². The van der Waals surface area contributed by atoms with E-state index in [1.54, 1.807) is 5.51 Å². The Balaban J connectivity index is 1.77. The van der Waals surface area contributed by atoms with Crippen LogP contribution in [0.5, 0.6) is 5.19 Å². The molecule has 0 aliphatic heterocycles. The maximum Gasteiger partial charge on any atom is 0.294 e. The fourth-order valence-corrected chi connectivity index (χ4v) is 1.79. The fourth-order valence-electron chi connectivity index (χ4n) is 1.32. The summed E-state index contributed by atoms with van der Waals surface area (Å²) in [4.78, 5) is 0. The molecule has 0 spiro atoms. The Kier molecular flexibility index (Phi) is 2.23. The van der Waals surface area contributed by atoms with Crippen LogP contribution in [0, 0.1) is 5.92 Å². The van der Waals surface area contributed by atoms with Gasteiger partial charge in [0.15, 0.2) is 0 Å². The van der Waals surface area contributed by atoms with Gasteiger partial charge in [-0.15, -0.1) is 10.2 Å². The molecular formula is C7H11N3OS. The summed E-state index contributed by atoms with van der Waals surface area (Å²) in [6.45, 7) is 0.774. The number of hydrogen-bond donors (Lipinski definition) is 1. The highest BCUT2D eigenvalue weighted by molar-refractivity contribution is 7.11. The van der Waals surface area contributed by atoms with Crippen LogP contribution in [0.3, 0.4) is 0 Å². The van der Waals surface area contributed by atoms with Gasteiger partial charge in [0.25, 0.3) is 5.19 Å². The first-order valence-electron chi connectivity index (χ1n) is 4.01. The van der Waals surface area contributed by atoms with Crippen LogP contribution in [0.4, 0.5) is 0 Å². The Morgan fingerprint density at radius 3 is 3.08 bits per heavy atom. The standard InChI is InChI=1S/C7H11N3OS/c8-3-5-1-6(2-5)11-7-10-9-4-12-7/h4-6H,1-3,8H2. The summed E-state index contributed by atoms with van der Waals surface area (Å²) in [6, 6.07) is 0. The summed E-state index contributed by atoms with van der Waals surface area (Å²) in [5.41, 5.74) is 7.16. The SMILES string of the molecule is NCC1CC(Oc2nncs2)C1. The molecule has 66 valence electrons. The van der Waals surface area contributed by atoms with Crippen molar-refractivity contribution in [1.82, 2.24) is 10.2 Å². The van der Waals surface area contributed by atoms with E-state index >= 15 is 0 Å². The lowest BCUT2D eigenvalue weighted by molar-refractivity contribution is 0.0681. The van der Waals surface area contributed by atoms with Gasteiger partial charge in [0, 0.05) is 0 Å². The van der Waals surface area contributed by atoms with E-state index < -0.39 is 0 Å². The summed E-state index contributed by atoms with van der Waals surface area (Å²) < 4.78 is 5.51. The monoisotopic (exact) mass is 185 g/mol. The molecule has 0 amide bonds. The largest absolute Gasteiger partial charge is 0.466 e. The Labute approximate surface area is 74.8 Å². The summed E-state index contributed by atoms with van der Waals surface area (Å²) in [5, 5.41) is 8.17. The predicted octanol–water partition coefficient (Wildman–Crippen LogP) is 0.654. The second-order valence-electron chi connectivity index (χ2n) is 3.02. The predicted molar refractivity (Wildman–Crippen MR) is 46.1 cm³/mol. The molecular weight excluding hydrogens is 174 g/mol. The molecule has 2 N–H and O–H groups in total. The topological polar surface area (TPSA) is 61.0 Å². The van der Waals surface area contributed by atoms with Crippen molar-refractivity contribution in [2.45, 2.75) is 18.9 Å². The minimum Gasteiger partial charge on any atom is -0.466 e. The van der Waals surface area contributed by atoms with E-state index in [4.69, 9.17) is 10.5 Å². The van der Waals surface area contributed by atoms with Crippen LogP contribution in [-0.4, -0.2) is 22.8 Å². The number of nitrogens with zero attached hydrogens (tertiary/aromatic N) is 2. The lowest BCUT2D eigenvalue weighted by atomic mass is 9.82. The molecule has 1 aliphatic carbocycles. The van der Waals surface area contributed by atoms with Gasteiger partial charge in [-0.1, -0.05) is 11.3 Å². The van der Waals surface area contributed by atoms with Gasteiger partial charge in [-0.2, -0.15) is 0 Å². The lowest BCUT2D eigenvalue weighted by Crippen LogP contribution is -2.37. The highest BCUT2D eigenvalue weighted by Crippen LogP contribution is 2.30. The molecule has 1 saturated carbocycles. The Hall–Kier alpha value is -0.680. The third kappa shape index (κ3) is 1.56. The molecule has 0 saturated heterocycles. The Morgan fingerprint density at radius 2 is 2.50 bits per heavy atom. The normalized spacial score (nSPS) is 28.1. The average Bonchev–Trinajstić information content (AvgIpc) is 2.47. The summed E-state index contributed by atoms with van der Waals surface area (Å²) in [6.07, 6.45) is 2.46. The van der Waals surface area contributed by atoms with Crippen LogP contribution in [-0.2, 0) is 0 Å². The van der Waals surface area contributed by atoms with Crippen molar-refractivity contribution in [3.8, 4) is 5.19 Å². The molecule has 1 aromatic rings. The first-order valence-corrected chi connectivity index (χ1v) is 4.89. The fraction of sp³-hybridized carbons (Fsp3) is 0.714. The molecule has 1 heterocycles. The molecule has 2 rings (SSSR count). The zero-order valence-electron chi connectivity index (χ0n) is 6.64. The number of hydrogen-bond acceptors (Lipinski definition) is 5. The van der Waals surface area contributed by atoms with E-state index in [0.717, 1.165) is 19.4 Å². The smallest absolute Gasteiger partial charge is 0.294 e.